The molecule has 0 saturated heterocycles. The summed E-state index contributed by atoms with van der Waals surface area (Å²) in [6, 6.07) is 0. The normalized spacial score (nSPS) is 5.95. The molecule has 0 unspecified atom stereocenters. The summed E-state index contributed by atoms with van der Waals surface area (Å²) in [5.74, 6) is 0. The third kappa shape index (κ3) is 1260. The van der Waals surface area contributed by atoms with Gasteiger partial charge in [0.25, 0.3) is 0 Å². The first kappa shape index (κ1) is 39.0. The molecule has 0 amide bonds. The molecule has 0 N–H and O–H groups in total. The first-order chi connectivity index (χ1) is 8.66. The van der Waals surface area contributed by atoms with Gasteiger partial charge in [-0.1, -0.05) is 0 Å². The SMILES string of the molecule is [O]=[Bi](=[O])[O-].[O]=[Bi](=[O])[O-].[O]=[Bi](=[O])[O-].[O]=[Bi](=[O])[O-].[O]=[Bi](=[O])[O-].[V]. The number of hydrogen-bond acceptors (Lipinski definition) is 15. The first-order valence-corrected chi connectivity index (χ1v) is 24.0. The third-order valence-electron chi connectivity index (χ3n) is 0. The topological polar surface area (TPSA) is 286 Å². The first-order valence-electron chi connectivity index (χ1n) is 2.74. The van der Waals surface area contributed by atoms with Crippen molar-refractivity contribution in [1.29, 1.82) is 0 Å². The van der Waals surface area contributed by atoms with Gasteiger partial charge in [0.2, 0.25) is 0 Å². The Morgan fingerprint density at radius 1 is 0.333 bits per heavy atom. The van der Waals surface area contributed by atoms with E-state index in [4.69, 9.17) is 44.0 Å². The van der Waals surface area contributed by atoms with Crippen LogP contribution in [-0.2, 0) is 46.7 Å². The van der Waals surface area contributed by atoms with Crippen molar-refractivity contribution in [2.45, 2.75) is 0 Å². The van der Waals surface area contributed by atoms with Crippen molar-refractivity contribution in [3.63, 3.8) is 0 Å². The summed E-state index contributed by atoms with van der Waals surface area (Å²) >= 11 is -21.7. The molecule has 0 aliphatic heterocycles. The third-order valence-corrected chi connectivity index (χ3v) is 0. The minimum Gasteiger partial charge on any atom is 0 e. The molecule has 21 heavy (non-hydrogen) atoms. The zero-order valence-corrected chi connectivity index (χ0v) is 27.6. The van der Waals surface area contributed by atoms with E-state index in [1.54, 1.807) is 0 Å². The fourth-order valence-corrected chi connectivity index (χ4v) is 0. The van der Waals surface area contributed by atoms with Crippen LogP contribution in [0.25, 0.3) is 0 Å². The number of rotatable bonds is 0. The summed E-state index contributed by atoms with van der Waals surface area (Å²) in [5, 5.41) is 0. The Bertz CT molecular complexity index is 380. The quantitative estimate of drug-likeness (QED) is 0.204. The van der Waals surface area contributed by atoms with Gasteiger partial charge >= 0.3 is 155 Å². The Balaban J connectivity index is -0.0000000331. The second kappa shape index (κ2) is 34.2. The molecule has 0 atom stereocenters. The average molecular weight is 1340 g/mol. The molecule has 0 aromatic heterocycles. The molecule has 0 aromatic rings. The largest absolute Gasteiger partial charge is 0 e. The van der Waals surface area contributed by atoms with Crippen LogP contribution < -0.4 is 15.9 Å². The molecule has 0 fully saturated rings. The molecule has 0 spiro atoms. The van der Waals surface area contributed by atoms with Crippen molar-refractivity contribution in [1.82, 2.24) is 0 Å². The zero-order valence-electron chi connectivity index (χ0n) is 8.81. The number of hydrogen-bond donors (Lipinski definition) is 0. The van der Waals surface area contributed by atoms with E-state index in [-0.39, 0.29) is 18.6 Å². The van der Waals surface area contributed by atoms with Crippen LogP contribution >= 0.6 is 0 Å². The minimum atomic E-state index is -4.34. The molecule has 1 radical (unpaired) electrons. The van der Waals surface area contributed by atoms with Crippen molar-refractivity contribution in [3.8, 4) is 0 Å². The van der Waals surface area contributed by atoms with Crippen LogP contribution in [0.15, 0.2) is 0 Å². The van der Waals surface area contributed by atoms with E-state index in [0.717, 1.165) is 0 Å². The van der Waals surface area contributed by atoms with Crippen LogP contribution in [-0.4, -0.2) is 111 Å². The maximum Gasteiger partial charge on any atom is 0 e. The molecule has 0 aliphatic rings. The van der Waals surface area contributed by atoms with Gasteiger partial charge in [0.15, 0.2) is 0 Å². The van der Waals surface area contributed by atoms with Crippen LogP contribution in [0.1, 0.15) is 0 Å². The van der Waals surface area contributed by atoms with Gasteiger partial charge in [-0.3, -0.25) is 0 Å². The fraction of sp³-hybridized carbons (Fsp3) is 0. The van der Waals surface area contributed by atoms with Gasteiger partial charge in [-0.25, -0.2) is 0 Å². The van der Waals surface area contributed by atoms with Crippen molar-refractivity contribution in [3.05, 3.63) is 0 Å². The molecule has 0 heterocycles. The van der Waals surface area contributed by atoms with E-state index in [0.29, 0.717) is 0 Å². The maximum atomic E-state index is 8.62. The van der Waals surface area contributed by atoms with Crippen LogP contribution in [0.4, 0.5) is 0 Å². The molecule has 0 rings (SSSR count). The van der Waals surface area contributed by atoms with Crippen molar-refractivity contribution in [2.75, 3.05) is 0 Å². The molecule has 0 bridgehead atoms. The van der Waals surface area contributed by atoms with E-state index >= 15 is 0 Å². The summed E-state index contributed by atoms with van der Waals surface area (Å²) in [6.45, 7) is 0. The molecule has 0 aromatic carbocycles. The smallest absolute Gasteiger partial charge is 0 e. The summed E-state index contributed by atoms with van der Waals surface area (Å²) in [5.41, 5.74) is 0. The Morgan fingerprint density at radius 3 is 0.333 bits per heavy atom. The van der Waals surface area contributed by atoms with Gasteiger partial charge in [-0.05, 0) is 0 Å². The van der Waals surface area contributed by atoms with E-state index in [1.807, 2.05) is 0 Å². The Labute approximate surface area is 170 Å². The predicted octanol–water partition coefficient (Wildman–Crippen LogP) is -9.04. The molecular formula is Bi5O15V-5. The van der Waals surface area contributed by atoms with Gasteiger partial charge < -0.3 is 0 Å². The van der Waals surface area contributed by atoms with Crippen LogP contribution in [0.3, 0.4) is 0 Å². The Kier molecular flexibility index (Phi) is 63.6. The van der Waals surface area contributed by atoms with E-state index in [9.17, 15) is 0 Å². The fourth-order valence-electron chi connectivity index (χ4n) is 0. The second-order valence-electron chi connectivity index (χ2n) is 1.12. The zero-order chi connectivity index (χ0) is 17.9. The van der Waals surface area contributed by atoms with Crippen LogP contribution in [0, 0.1) is 0 Å². The molecule has 0 saturated carbocycles. The van der Waals surface area contributed by atoms with Crippen LogP contribution in [0.2, 0.25) is 0 Å². The van der Waals surface area contributed by atoms with Crippen molar-refractivity contribution >= 4 is 111 Å². The van der Waals surface area contributed by atoms with Crippen molar-refractivity contribution < 1.29 is 62.6 Å². The van der Waals surface area contributed by atoms with Gasteiger partial charge in [0.1, 0.15) is 0 Å². The minimum absolute atomic E-state index is 0. The van der Waals surface area contributed by atoms with Gasteiger partial charge in [-0.2, -0.15) is 0 Å². The summed E-state index contributed by atoms with van der Waals surface area (Å²) in [7, 11) is 0. The maximum absolute atomic E-state index is 8.62. The summed E-state index contributed by atoms with van der Waals surface area (Å²) < 4.78 is 129. The Hall–Kier alpha value is 2.80. The average Bonchev–Trinajstić information content (AvgIpc) is 1.94. The summed E-state index contributed by atoms with van der Waals surface area (Å²) in [6.07, 6.45) is 0. The monoisotopic (exact) mass is 1340 g/mol. The second-order valence-corrected chi connectivity index (χ2v) is 9.81. The molecule has 21 heteroatoms. The van der Waals surface area contributed by atoms with Crippen molar-refractivity contribution in [2.24, 2.45) is 0 Å². The molecule has 15 nitrogen and oxygen atoms in total. The molecular weight excluding hydrogens is 1340 g/mol. The van der Waals surface area contributed by atoms with Gasteiger partial charge in [-0.15, -0.1) is 0 Å². The molecule has 125 valence electrons. The predicted molar refractivity (Wildman–Crippen MR) is 35.6 cm³/mol. The van der Waals surface area contributed by atoms with E-state index in [2.05, 4.69) is 0 Å². The van der Waals surface area contributed by atoms with Crippen LogP contribution in [0.5, 0.6) is 0 Å². The summed E-state index contributed by atoms with van der Waals surface area (Å²) in [4.78, 5) is 0. The standard InChI is InChI=1S/5Bi.15O.V/q;;;;;;;;;;;;;;;5*-1;. The Morgan fingerprint density at radius 2 is 0.333 bits per heavy atom. The van der Waals surface area contributed by atoms with E-state index < -0.39 is 111 Å². The van der Waals surface area contributed by atoms with Gasteiger partial charge in [0, 0.05) is 18.6 Å². The van der Waals surface area contributed by atoms with E-state index in [1.165, 1.54) is 0 Å². The van der Waals surface area contributed by atoms with Gasteiger partial charge in [0.05, 0.1) is 0 Å². The molecule has 0 aliphatic carbocycles.